The molecular formula is C48H53FN8O6. The van der Waals surface area contributed by atoms with E-state index in [2.05, 4.69) is 42.5 Å². The summed E-state index contributed by atoms with van der Waals surface area (Å²) < 4.78 is 22.3. The molecule has 1 aliphatic carbocycles. The molecular weight excluding hydrogens is 804 g/mol. The Morgan fingerprint density at radius 1 is 0.905 bits per heavy atom. The number of hydrogen-bond donors (Lipinski definition) is 3. The fourth-order valence-corrected chi connectivity index (χ4v) is 11.2. The van der Waals surface area contributed by atoms with E-state index in [9.17, 15) is 29.2 Å². The number of aromatic nitrogens is 1. The molecule has 4 aromatic rings. The summed E-state index contributed by atoms with van der Waals surface area (Å²) >= 11 is 0. The Morgan fingerprint density at radius 2 is 1.65 bits per heavy atom. The second-order valence-electron chi connectivity index (χ2n) is 19.0. The van der Waals surface area contributed by atoms with Crippen LogP contribution in [0.2, 0.25) is 0 Å². The molecule has 14 nitrogen and oxygen atoms in total. The number of piperidine rings is 2. The highest BCUT2D eigenvalue weighted by Crippen LogP contribution is 2.56. The number of halogens is 1. The molecule has 1 saturated carbocycles. The minimum absolute atomic E-state index is 0.165. The van der Waals surface area contributed by atoms with Crippen molar-refractivity contribution in [2.24, 2.45) is 16.7 Å². The lowest BCUT2D eigenvalue weighted by Crippen LogP contribution is -2.74. The summed E-state index contributed by atoms with van der Waals surface area (Å²) in [6.07, 6.45) is 3.57. The van der Waals surface area contributed by atoms with Crippen molar-refractivity contribution < 1.29 is 28.3 Å². The Morgan fingerprint density at radius 3 is 2.35 bits per heavy atom. The number of nitriles is 1. The number of carbonyl (C=O) groups is 4. The highest BCUT2D eigenvalue weighted by molar-refractivity contribution is 6.05. The number of H-pyrrole nitrogens is 1. The average Bonchev–Trinajstić information content (AvgIpc) is 3.59. The van der Waals surface area contributed by atoms with Crippen molar-refractivity contribution in [1.29, 1.82) is 5.26 Å². The van der Waals surface area contributed by atoms with Crippen LogP contribution in [0.15, 0.2) is 65.6 Å². The monoisotopic (exact) mass is 856 g/mol. The number of pyridine rings is 1. The minimum Gasteiger partial charge on any atom is -0.488 e. The third-order valence-corrected chi connectivity index (χ3v) is 14.3. The lowest BCUT2D eigenvalue weighted by atomic mass is 9.49. The third-order valence-electron chi connectivity index (χ3n) is 14.3. The number of rotatable bonds is 9. The van der Waals surface area contributed by atoms with E-state index >= 15 is 4.39 Å². The molecule has 5 aliphatic rings. The van der Waals surface area contributed by atoms with Crippen LogP contribution in [0.25, 0.3) is 10.9 Å². The first-order valence-corrected chi connectivity index (χ1v) is 22.0. The summed E-state index contributed by atoms with van der Waals surface area (Å²) in [6.45, 7) is 14.3. The molecule has 1 atom stereocenters. The Labute approximate surface area is 365 Å². The van der Waals surface area contributed by atoms with Crippen LogP contribution in [0.5, 0.6) is 5.75 Å². The second kappa shape index (κ2) is 16.1. The third kappa shape index (κ3) is 7.58. The van der Waals surface area contributed by atoms with Crippen molar-refractivity contribution in [2.45, 2.75) is 78.1 Å². The van der Waals surface area contributed by atoms with E-state index in [4.69, 9.17) is 4.74 Å². The van der Waals surface area contributed by atoms with E-state index in [1.807, 2.05) is 39.8 Å². The number of amides is 4. The van der Waals surface area contributed by atoms with E-state index < -0.39 is 28.6 Å². The van der Waals surface area contributed by atoms with Crippen molar-refractivity contribution in [3.8, 4) is 11.8 Å². The maximum absolute atomic E-state index is 15.8. The van der Waals surface area contributed by atoms with Gasteiger partial charge in [0.15, 0.2) is 5.43 Å². The van der Waals surface area contributed by atoms with E-state index in [1.165, 1.54) is 18.3 Å². The number of nitrogens with one attached hydrogen (secondary N) is 3. The van der Waals surface area contributed by atoms with Gasteiger partial charge in [0, 0.05) is 105 Å². The van der Waals surface area contributed by atoms with Gasteiger partial charge in [-0.2, -0.15) is 5.26 Å². The number of hydrogen-bond acceptors (Lipinski definition) is 10. The van der Waals surface area contributed by atoms with Gasteiger partial charge in [0.2, 0.25) is 11.8 Å². The molecule has 0 spiro atoms. The molecule has 3 N–H and O–H groups in total. The molecule has 15 heteroatoms. The molecule has 4 fully saturated rings. The maximum atomic E-state index is 15.8. The first-order chi connectivity index (χ1) is 30.1. The number of nitrogens with zero attached hydrogens (tertiary/aromatic N) is 5. The zero-order valence-corrected chi connectivity index (χ0v) is 36.1. The lowest BCUT2D eigenvalue weighted by Gasteiger charge is -2.63. The van der Waals surface area contributed by atoms with Gasteiger partial charge in [0.05, 0.1) is 22.2 Å². The Bertz CT molecular complexity index is 2610. The Hall–Kier alpha value is -6.27. The molecule has 3 aromatic carbocycles. The van der Waals surface area contributed by atoms with Gasteiger partial charge in [-0.25, -0.2) is 4.39 Å². The molecule has 3 saturated heterocycles. The molecule has 0 bridgehead atoms. The predicted molar refractivity (Wildman–Crippen MR) is 235 cm³/mol. The van der Waals surface area contributed by atoms with E-state index in [-0.39, 0.29) is 47.3 Å². The summed E-state index contributed by atoms with van der Waals surface area (Å²) in [6, 6.07) is 16.5. The number of benzene rings is 3. The van der Waals surface area contributed by atoms with Gasteiger partial charge in [0.25, 0.3) is 11.8 Å². The Balaban J connectivity index is 0.753. The van der Waals surface area contributed by atoms with Crippen molar-refractivity contribution in [3.63, 3.8) is 0 Å². The predicted octanol–water partition coefficient (Wildman–Crippen LogP) is 4.95. The SMILES string of the molecule is CC1(C)C(NC(=O)c2ccc(N3CCC(CN4CCN(c5ccc6c(c5)CN([C@H]5CCC(=O)NC5=O)C6=O)CC4)CC3)c(F)c2)C(C)(C)C1Oc1ccc(C#N)c2[nH]ccc(=O)c12. The number of aromatic amines is 1. The summed E-state index contributed by atoms with van der Waals surface area (Å²) in [5, 5.41) is 15.4. The first kappa shape index (κ1) is 42.1. The second-order valence-corrected chi connectivity index (χ2v) is 19.0. The van der Waals surface area contributed by atoms with Gasteiger partial charge >= 0.3 is 0 Å². The molecule has 63 heavy (non-hydrogen) atoms. The van der Waals surface area contributed by atoms with Crippen molar-refractivity contribution in [1.82, 2.24) is 25.4 Å². The molecule has 4 aliphatic heterocycles. The normalized spacial score (nSPS) is 23.5. The molecule has 5 heterocycles. The quantitative estimate of drug-likeness (QED) is 0.196. The minimum atomic E-state index is -0.628. The smallest absolute Gasteiger partial charge is 0.255 e. The van der Waals surface area contributed by atoms with Crippen LogP contribution in [0.4, 0.5) is 15.8 Å². The van der Waals surface area contributed by atoms with Crippen LogP contribution in [-0.2, 0) is 16.1 Å². The van der Waals surface area contributed by atoms with E-state index in [0.717, 1.165) is 69.9 Å². The van der Waals surface area contributed by atoms with E-state index in [0.29, 0.717) is 52.4 Å². The maximum Gasteiger partial charge on any atom is 0.255 e. The Kier molecular flexibility index (Phi) is 10.8. The number of piperazine rings is 1. The molecule has 0 unspecified atom stereocenters. The molecule has 0 radical (unpaired) electrons. The summed E-state index contributed by atoms with van der Waals surface area (Å²) in [5.74, 6) is -0.801. The largest absolute Gasteiger partial charge is 0.488 e. The van der Waals surface area contributed by atoms with Crippen LogP contribution in [0.1, 0.15) is 85.2 Å². The molecule has 1 aromatic heterocycles. The number of ether oxygens (including phenoxy) is 1. The van der Waals surface area contributed by atoms with Crippen LogP contribution in [-0.4, -0.2) is 102 Å². The van der Waals surface area contributed by atoms with Crippen LogP contribution >= 0.6 is 0 Å². The fraction of sp³-hybridized carbons (Fsp3) is 0.458. The highest BCUT2D eigenvalue weighted by Gasteiger charge is 2.64. The van der Waals surface area contributed by atoms with Gasteiger partial charge in [-0.05, 0) is 79.3 Å². The summed E-state index contributed by atoms with van der Waals surface area (Å²) in [4.78, 5) is 75.3. The van der Waals surface area contributed by atoms with Crippen molar-refractivity contribution >= 4 is 45.9 Å². The zero-order valence-electron chi connectivity index (χ0n) is 36.1. The topological polar surface area (TPSA) is 171 Å². The molecule has 328 valence electrons. The zero-order chi connectivity index (χ0) is 44.4. The lowest BCUT2D eigenvalue weighted by molar-refractivity contribution is -0.163. The van der Waals surface area contributed by atoms with Crippen LogP contribution < -0.4 is 30.6 Å². The van der Waals surface area contributed by atoms with Gasteiger partial charge in [-0.1, -0.05) is 27.7 Å². The van der Waals surface area contributed by atoms with Gasteiger partial charge in [-0.15, -0.1) is 0 Å². The first-order valence-electron chi connectivity index (χ1n) is 22.0. The van der Waals surface area contributed by atoms with Crippen LogP contribution in [0, 0.1) is 33.9 Å². The van der Waals surface area contributed by atoms with E-state index in [1.54, 1.807) is 29.2 Å². The number of fused-ring (bicyclic) bond motifs is 2. The summed E-state index contributed by atoms with van der Waals surface area (Å²) in [7, 11) is 0. The van der Waals surface area contributed by atoms with Crippen LogP contribution in [0.3, 0.4) is 0 Å². The molecule has 4 amide bonds. The number of carbonyl (C=O) groups excluding carboxylic acids is 4. The standard InChI is InChI=1S/C48H53FN8O6/c1-47(2)45(48(3,4)46(47)63-38-11-6-30(25-50)41-40(38)37(58)13-16-51-41)53-42(60)29-5-9-35(34(49)24-29)56-17-14-28(15-18-56)26-54-19-21-55(22-20-54)32-7-8-33-31(23-32)27-57(44(33)62)36-10-12-39(59)52-43(36)61/h5-9,11,13,16,23-24,28,36,45-46H,10,12,14-15,17-22,26-27H2,1-4H3,(H,51,58)(H,53,60)(H,52,59,61)/t36-,45?,46?/m0/s1. The molecule has 9 rings (SSSR count). The number of imide groups is 1. The van der Waals surface area contributed by atoms with Gasteiger partial charge in [-0.3, -0.25) is 34.2 Å². The van der Waals surface area contributed by atoms with Gasteiger partial charge in [0.1, 0.15) is 29.8 Å². The van der Waals surface area contributed by atoms with Gasteiger partial charge < -0.3 is 29.7 Å². The summed E-state index contributed by atoms with van der Waals surface area (Å²) in [5.41, 5.74) is 2.74. The highest BCUT2D eigenvalue weighted by atomic mass is 19.1. The van der Waals surface area contributed by atoms with Crippen molar-refractivity contribution in [3.05, 3.63) is 99.1 Å². The number of anilines is 2. The van der Waals surface area contributed by atoms with Crippen molar-refractivity contribution in [2.75, 3.05) is 55.6 Å². The average molecular weight is 857 g/mol. The fourth-order valence-electron chi connectivity index (χ4n) is 11.2.